The highest BCUT2D eigenvalue weighted by molar-refractivity contribution is 5.97. The highest BCUT2D eigenvalue weighted by atomic mass is 16.5. The summed E-state index contributed by atoms with van der Waals surface area (Å²) in [6, 6.07) is 15.3. The lowest BCUT2D eigenvalue weighted by Crippen LogP contribution is -2.36. The van der Waals surface area contributed by atoms with Crippen LogP contribution < -0.4 is 15.5 Å². The molecule has 0 saturated carbocycles. The number of nitrogens with zero attached hydrogens (tertiary/aromatic N) is 1. The third-order valence-corrected chi connectivity index (χ3v) is 5.49. The maximum absolute atomic E-state index is 12.5. The molecule has 2 aliphatic rings. The van der Waals surface area contributed by atoms with E-state index in [0.29, 0.717) is 24.3 Å². The summed E-state index contributed by atoms with van der Waals surface area (Å²) in [5.41, 5.74) is 3.71. The van der Waals surface area contributed by atoms with Gasteiger partial charge in [0.15, 0.2) is 0 Å². The lowest BCUT2D eigenvalue weighted by molar-refractivity contribution is -0.115. The topological polar surface area (TPSA) is 70.7 Å². The second-order valence-electron chi connectivity index (χ2n) is 7.62. The van der Waals surface area contributed by atoms with Crippen molar-refractivity contribution in [3.05, 3.63) is 59.7 Å². The van der Waals surface area contributed by atoms with E-state index < -0.39 is 0 Å². The van der Waals surface area contributed by atoms with Gasteiger partial charge in [-0.25, -0.2) is 0 Å². The zero-order valence-corrected chi connectivity index (χ0v) is 16.5. The van der Waals surface area contributed by atoms with Crippen LogP contribution in [0.3, 0.4) is 0 Å². The van der Waals surface area contributed by atoms with Gasteiger partial charge in [0.25, 0.3) is 5.91 Å². The first kappa shape index (κ1) is 19.5. The number of nitrogens with one attached hydrogen (secondary N) is 2. The van der Waals surface area contributed by atoms with Gasteiger partial charge in [0, 0.05) is 36.6 Å². The molecule has 6 nitrogen and oxygen atoms in total. The van der Waals surface area contributed by atoms with Crippen molar-refractivity contribution in [3.63, 3.8) is 0 Å². The number of benzene rings is 2. The third-order valence-electron chi connectivity index (χ3n) is 5.49. The van der Waals surface area contributed by atoms with Gasteiger partial charge >= 0.3 is 0 Å². The minimum Gasteiger partial charge on any atom is -0.376 e. The van der Waals surface area contributed by atoms with Crippen LogP contribution in [0.1, 0.15) is 35.2 Å². The number of amides is 2. The van der Waals surface area contributed by atoms with Gasteiger partial charge in [-0.3, -0.25) is 9.59 Å². The van der Waals surface area contributed by atoms with Crippen molar-refractivity contribution in [2.75, 3.05) is 36.5 Å². The Labute approximate surface area is 171 Å². The number of aryl methyl sites for hydroxylation is 1. The number of rotatable bonds is 6. The van der Waals surface area contributed by atoms with Crippen LogP contribution in [0, 0.1) is 0 Å². The molecule has 1 saturated heterocycles. The van der Waals surface area contributed by atoms with E-state index in [4.69, 9.17) is 4.74 Å². The molecule has 0 aromatic heterocycles. The van der Waals surface area contributed by atoms with E-state index in [1.165, 1.54) is 5.56 Å². The minimum atomic E-state index is -0.122. The molecule has 0 aliphatic carbocycles. The molecule has 1 unspecified atom stereocenters. The number of hydrogen-bond acceptors (Lipinski definition) is 4. The Morgan fingerprint density at radius 2 is 1.90 bits per heavy atom. The predicted octanol–water partition coefficient (Wildman–Crippen LogP) is 2.99. The Balaban J connectivity index is 1.29. The molecule has 1 atom stereocenters. The molecule has 2 aromatic carbocycles. The Bertz CT molecular complexity index is 860. The standard InChI is InChI=1S/C23H27N3O3/c27-22(16-26-13-3-6-17-5-1-2-8-21(17)26)25-19-11-9-18(10-12-19)23(28)24-15-20-7-4-14-29-20/h1-2,5,8-12,20H,3-4,6-7,13-16H2,(H,24,28)(H,25,27). The molecule has 0 bridgehead atoms. The SMILES string of the molecule is O=C(CN1CCCc2ccccc21)Nc1ccc(C(=O)NCC2CCCO2)cc1. The monoisotopic (exact) mass is 393 g/mol. The Kier molecular flexibility index (Phi) is 6.10. The summed E-state index contributed by atoms with van der Waals surface area (Å²) in [6.07, 6.45) is 4.28. The predicted molar refractivity (Wildman–Crippen MR) is 113 cm³/mol. The molecule has 4 rings (SSSR count). The summed E-state index contributed by atoms with van der Waals surface area (Å²) in [5, 5.41) is 5.84. The fourth-order valence-electron chi connectivity index (χ4n) is 3.97. The fourth-order valence-corrected chi connectivity index (χ4v) is 3.97. The smallest absolute Gasteiger partial charge is 0.251 e. The average Bonchev–Trinajstić information content (AvgIpc) is 3.26. The Morgan fingerprint density at radius 1 is 1.07 bits per heavy atom. The maximum atomic E-state index is 12.5. The van der Waals surface area contributed by atoms with E-state index >= 15 is 0 Å². The van der Waals surface area contributed by atoms with E-state index in [2.05, 4.69) is 27.7 Å². The van der Waals surface area contributed by atoms with Crippen molar-refractivity contribution in [2.45, 2.75) is 31.8 Å². The van der Waals surface area contributed by atoms with Gasteiger partial charge in [-0.15, -0.1) is 0 Å². The van der Waals surface area contributed by atoms with Gasteiger partial charge in [0.1, 0.15) is 0 Å². The minimum absolute atomic E-state index is 0.0581. The lowest BCUT2D eigenvalue weighted by atomic mass is 10.0. The van der Waals surface area contributed by atoms with E-state index in [0.717, 1.165) is 44.5 Å². The first-order valence-corrected chi connectivity index (χ1v) is 10.3. The van der Waals surface area contributed by atoms with Crippen molar-refractivity contribution in [1.82, 2.24) is 5.32 Å². The third kappa shape index (κ3) is 4.95. The summed E-state index contributed by atoms with van der Waals surface area (Å²) in [5.74, 6) is -0.180. The number of fused-ring (bicyclic) bond motifs is 1. The fraction of sp³-hybridized carbons (Fsp3) is 0.391. The van der Waals surface area contributed by atoms with E-state index in [9.17, 15) is 9.59 Å². The molecular formula is C23H27N3O3. The largest absolute Gasteiger partial charge is 0.376 e. The summed E-state index contributed by atoms with van der Waals surface area (Å²) >= 11 is 0. The van der Waals surface area contributed by atoms with Crippen LogP contribution in [0.5, 0.6) is 0 Å². The molecule has 152 valence electrons. The van der Waals surface area contributed by atoms with Crippen LogP contribution in [0.15, 0.2) is 48.5 Å². The molecule has 1 fully saturated rings. The van der Waals surface area contributed by atoms with Gasteiger partial charge in [-0.05, 0) is 61.6 Å². The second kappa shape index (κ2) is 9.09. The van der Waals surface area contributed by atoms with Gasteiger partial charge in [-0.2, -0.15) is 0 Å². The highest BCUT2D eigenvalue weighted by Crippen LogP contribution is 2.26. The summed E-state index contributed by atoms with van der Waals surface area (Å²) in [4.78, 5) is 26.9. The first-order valence-electron chi connectivity index (χ1n) is 10.3. The van der Waals surface area contributed by atoms with E-state index in [1.807, 2.05) is 12.1 Å². The van der Waals surface area contributed by atoms with Crippen LogP contribution in [0.25, 0.3) is 0 Å². The number of para-hydroxylation sites is 1. The summed E-state index contributed by atoms with van der Waals surface area (Å²) in [6.45, 7) is 2.52. The normalized spacial score (nSPS) is 18.2. The van der Waals surface area contributed by atoms with Crippen LogP contribution in [0.2, 0.25) is 0 Å². The highest BCUT2D eigenvalue weighted by Gasteiger charge is 2.19. The molecule has 29 heavy (non-hydrogen) atoms. The lowest BCUT2D eigenvalue weighted by Gasteiger charge is -2.30. The van der Waals surface area contributed by atoms with Crippen LogP contribution in [-0.4, -0.2) is 44.2 Å². The zero-order chi connectivity index (χ0) is 20.1. The van der Waals surface area contributed by atoms with Crippen LogP contribution >= 0.6 is 0 Å². The summed E-state index contributed by atoms with van der Waals surface area (Å²) < 4.78 is 5.52. The van der Waals surface area contributed by atoms with Gasteiger partial charge in [0.2, 0.25) is 5.91 Å². The zero-order valence-electron chi connectivity index (χ0n) is 16.5. The van der Waals surface area contributed by atoms with Crippen molar-refractivity contribution in [3.8, 4) is 0 Å². The van der Waals surface area contributed by atoms with Crippen LogP contribution in [0.4, 0.5) is 11.4 Å². The number of carbonyl (C=O) groups excluding carboxylic acids is 2. The van der Waals surface area contributed by atoms with Crippen molar-refractivity contribution in [2.24, 2.45) is 0 Å². The second-order valence-corrected chi connectivity index (χ2v) is 7.62. The quantitative estimate of drug-likeness (QED) is 0.792. The molecule has 2 amide bonds. The first-order chi connectivity index (χ1) is 14.2. The van der Waals surface area contributed by atoms with E-state index in [-0.39, 0.29) is 17.9 Å². The molecule has 2 N–H and O–H groups in total. The molecule has 0 spiro atoms. The summed E-state index contributed by atoms with van der Waals surface area (Å²) in [7, 11) is 0. The van der Waals surface area contributed by atoms with Gasteiger partial charge in [-0.1, -0.05) is 18.2 Å². The molecule has 2 aromatic rings. The van der Waals surface area contributed by atoms with Gasteiger partial charge in [0.05, 0.1) is 12.6 Å². The number of anilines is 2. The van der Waals surface area contributed by atoms with Crippen molar-refractivity contribution >= 4 is 23.2 Å². The maximum Gasteiger partial charge on any atom is 0.251 e. The average molecular weight is 393 g/mol. The van der Waals surface area contributed by atoms with Crippen molar-refractivity contribution < 1.29 is 14.3 Å². The Hall–Kier alpha value is -2.86. The molecule has 0 radical (unpaired) electrons. The Morgan fingerprint density at radius 3 is 2.69 bits per heavy atom. The number of hydrogen-bond donors (Lipinski definition) is 2. The van der Waals surface area contributed by atoms with Gasteiger partial charge < -0.3 is 20.3 Å². The van der Waals surface area contributed by atoms with Crippen molar-refractivity contribution in [1.29, 1.82) is 0 Å². The number of carbonyl (C=O) groups is 2. The number of ether oxygens (including phenoxy) is 1. The molecule has 2 aliphatic heterocycles. The molecular weight excluding hydrogens is 366 g/mol. The van der Waals surface area contributed by atoms with E-state index in [1.54, 1.807) is 24.3 Å². The molecule has 2 heterocycles. The molecule has 6 heteroatoms. The van der Waals surface area contributed by atoms with Crippen LogP contribution in [-0.2, 0) is 16.0 Å².